The Balaban J connectivity index is 2.37. The van der Waals surface area contributed by atoms with E-state index in [0.29, 0.717) is 6.07 Å². The highest BCUT2D eigenvalue weighted by Gasteiger charge is 2.34. The van der Waals surface area contributed by atoms with Crippen molar-refractivity contribution in [2.75, 3.05) is 26.4 Å². The maximum absolute atomic E-state index is 13.1. The lowest BCUT2D eigenvalue weighted by Gasteiger charge is -2.33. The zero-order valence-electron chi connectivity index (χ0n) is 9.92. The third-order valence-corrected chi connectivity index (χ3v) is 4.83. The smallest absolute Gasteiger partial charge is 0.243 e. The molecule has 0 aromatic heterocycles. The Kier molecular flexibility index (Phi) is 4.14. The van der Waals surface area contributed by atoms with Gasteiger partial charge in [0.25, 0.3) is 0 Å². The third kappa shape index (κ3) is 2.76. The summed E-state index contributed by atoms with van der Waals surface area (Å²) in [5, 5.41) is 9.15. The van der Waals surface area contributed by atoms with Crippen LogP contribution in [0.4, 0.5) is 8.78 Å². The van der Waals surface area contributed by atoms with Crippen molar-refractivity contribution in [2.24, 2.45) is 0 Å². The summed E-state index contributed by atoms with van der Waals surface area (Å²) in [7, 11) is -3.98. The van der Waals surface area contributed by atoms with Gasteiger partial charge >= 0.3 is 0 Å². The van der Waals surface area contributed by atoms with E-state index in [0.717, 1.165) is 16.4 Å². The van der Waals surface area contributed by atoms with Gasteiger partial charge in [0.05, 0.1) is 30.8 Å². The molecule has 0 aliphatic carbocycles. The summed E-state index contributed by atoms with van der Waals surface area (Å²) in [5.74, 6) is -2.34. The van der Waals surface area contributed by atoms with Crippen molar-refractivity contribution in [1.82, 2.24) is 4.31 Å². The maximum atomic E-state index is 13.1. The highest BCUT2D eigenvalue weighted by atomic mass is 32.2. The van der Waals surface area contributed by atoms with Gasteiger partial charge in [-0.15, -0.1) is 0 Å². The molecule has 0 spiro atoms. The van der Waals surface area contributed by atoms with Gasteiger partial charge in [0, 0.05) is 6.54 Å². The molecule has 1 atom stereocenters. The van der Waals surface area contributed by atoms with Gasteiger partial charge in [-0.25, -0.2) is 17.2 Å². The highest BCUT2D eigenvalue weighted by Crippen LogP contribution is 2.22. The van der Waals surface area contributed by atoms with Gasteiger partial charge in [0.2, 0.25) is 10.0 Å². The first kappa shape index (κ1) is 14.3. The number of halogens is 2. The lowest BCUT2D eigenvalue weighted by molar-refractivity contribution is 0.0109. The summed E-state index contributed by atoms with van der Waals surface area (Å²) < 4.78 is 56.7. The van der Waals surface area contributed by atoms with E-state index in [-0.39, 0.29) is 24.7 Å². The van der Waals surface area contributed by atoms with E-state index in [2.05, 4.69) is 0 Å². The molecule has 1 saturated heterocycles. The van der Waals surface area contributed by atoms with Crippen molar-refractivity contribution in [1.29, 1.82) is 0 Å². The monoisotopic (exact) mass is 293 g/mol. The summed E-state index contributed by atoms with van der Waals surface area (Å²) in [6.07, 6.45) is 0. The molecule has 2 rings (SSSR count). The van der Waals surface area contributed by atoms with Gasteiger partial charge in [-0.3, -0.25) is 0 Å². The van der Waals surface area contributed by atoms with Crippen LogP contribution < -0.4 is 0 Å². The van der Waals surface area contributed by atoms with Gasteiger partial charge in [0.1, 0.15) is 0 Å². The van der Waals surface area contributed by atoms with E-state index in [1.54, 1.807) is 0 Å². The van der Waals surface area contributed by atoms with Crippen LogP contribution >= 0.6 is 0 Å². The summed E-state index contributed by atoms with van der Waals surface area (Å²) in [4.78, 5) is -0.341. The standard InChI is InChI=1S/C11H13F2NO4S/c12-10-2-1-9(5-11(10)13)19(16,17)14-3-4-18-7-8(14)6-15/h1-2,5,8,15H,3-4,6-7H2. The van der Waals surface area contributed by atoms with Crippen LogP contribution in [0.2, 0.25) is 0 Å². The number of nitrogens with zero attached hydrogens (tertiary/aromatic N) is 1. The molecular weight excluding hydrogens is 280 g/mol. The van der Waals surface area contributed by atoms with Crippen LogP contribution in [0.25, 0.3) is 0 Å². The van der Waals surface area contributed by atoms with Crippen molar-refractivity contribution >= 4 is 10.0 Å². The molecule has 0 bridgehead atoms. The first-order chi connectivity index (χ1) is 8.96. The second kappa shape index (κ2) is 5.49. The lowest BCUT2D eigenvalue weighted by atomic mass is 10.3. The SMILES string of the molecule is O=S(=O)(c1ccc(F)c(F)c1)N1CCOCC1CO. The minimum absolute atomic E-state index is 0.0621. The van der Waals surface area contributed by atoms with E-state index in [1.165, 1.54) is 0 Å². The molecule has 1 aromatic rings. The van der Waals surface area contributed by atoms with Crippen molar-refractivity contribution in [2.45, 2.75) is 10.9 Å². The first-order valence-electron chi connectivity index (χ1n) is 5.62. The Morgan fingerprint density at radius 3 is 2.74 bits per heavy atom. The normalized spacial score (nSPS) is 21.5. The molecular formula is C11H13F2NO4S. The number of sulfonamides is 1. The zero-order chi connectivity index (χ0) is 14.0. The summed E-state index contributed by atoms with van der Waals surface area (Å²) in [6, 6.07) is 1.68. The number of aliphatic hydroxyl groups is 1. The molecule has 1 N–H and O–H groups in total. The molecule has 1 unspecified atom stereocenters. The molecule has 19 heavy (non-hydrogen) atoms. The van der Waals surface area contributed by atoms with Crippen molar-refractivity contribution < 1.29 is 27.0 Å². The molecule has 5 nitrogen and oxygen atoms in total. The number of hydrogen-bond acceptors (Lipinski definition) is 4. The van der Waals surface area contributed by atoms with Crippen LogP contribution in [0.15, 0.2) is 23.1 Å². The molecule has 1 heterocycles. The topological polar surface area (TPSA) is 66.8 Å². The molecule has 0 saturated carbocycles. The predicted octanol–water partition coefficient (Wildman–Crippen LogP) is 0.347. The van der Waals surface area contributed by atoms with Gasteiger partial charge in [0.15, 0.2) is 11.6 Å². The van der Waals surface area contributed by atoms with E-state index >= 15 is 0 Å². The fourth-order valence-electron chi connectivity index (χ4n) is 1.87. The number of rotatable bonds is 3. The number of aliphatic hydroxyl groups excluding tert-OH is 1. The largest absolute Gasteiger partial charge is 0.395 e. The Hall–Kier alpha value is -1.09. The van der Waals surface area contributed by atoms with E-state index in [9.17, 15) is 17.2 Å². The first-order valence-corrected chi connectivity index (χ1v) is 7.06. The molecule has 1 aliphatic rings. The van der Waals surface area contributed by atoms with Crippen molar-refractivity contribution in [3.63, 3.8) is 0 Å². The highest BCUT2D eigenvalue weighted by molar-refractivity contribution is 7.89. The van der Waals surface area contributed by atoms with E-state index in [1.807, 2.05) is 0 Å². The van der Waals surface area contributed by atoms with Crippen molar-refractivity contribution in [3.05, 3.63) is 29.8 Å². The molecule has 1 aliphatic heterocycles. The quantitative estimate of drug-likeness (QED) is 0.873. The van der Waals surface area contributed by atoms with Gasteiger partial charge < -0.3 is 9.84 Å². The molecule has 0 radical (unpaired) electrons. The van der Waals surface area contributed by atoms with E-state index < -0.39 is 34.3 Å². The molecule has 1 aromatic carbocycles. The van der Waals surface area contributed by atoms with Crippen LogP contribution in [-0.4, -0.2) is 50.2 Å². The van der Waals surface area contributed by atoms with Crippen LogP contribution in [-0.2, 0) is 14.8 Å². The van der Waals surface area contributed by atoms with Crippen molar-refractivity contribution in [3.8, 4) is 0 Å². The predicted molar refractivity (Wildman–Crippen MR) is 61.9 cm³/mol. The average Bonchev–Trinajstić information content (AvgIpc) is 2.41. The second-order valence-electron chi connectivity index (χ2n) is 4.10. The Morgan fingerprint density at radius 2 is 2.11 bits per heavy atom. The Bertz CT molecular complexity index is 564. The lowest BCUT2D eigenvalue weighted by Crippen LogP contribution is -2.50. The minimum Gasteiger partial charge on any atom is -0.395 e. The van der Waals surface area contributed by atoms with Crippen LogP contribution in [0.1, 0.15) is 0 Å². The second-order valence-corrected chi connectivity index (χ2v) is 5.99. The third-order valence-electron chi connectivity index (χ3n) is 2.88. The number of ether oxygens (including phenoxy) is 1. The van der Waals surface area contributed by atoms with E-state index in [4.69, 9.17) is 9.84 Å². The van der Waals surface area contributed by atoms with Crippen LogP contribution in [0.3, 0.4) is 0 Å². The minimum atomic E-state index is -3.98. The average molecular weight is 293 g/mol. The number of hydrogen-bond donors (Lipinski definition) is 1. The maximum Gasteiger partial charge on any atom is 0.243 e. The summed E-state index contributed by atoms with van der Waals surface area (Å²) in [6.45, 7) is -0.0751. The fraction of sp³-hybridized carbons (Fsp3) is 0.455. The van der Waals surface area contributed by atoms with Crippen LogP contribution in [0.5, 0.6) is 0 Å². The zero-order valence-corrected chi connectivity index (χ0v) is 10.7. The summed E-state index contributed by atoms with van der Waals surface area (Å²) in [5.41, 5.74) is 0. The molecule has 0 amide bonds. The van der Waals surface area contributed by atoms with Gasteiger partial charge in [-0.2, -0.15) is 4.31 Å². The molecule has 8 heteroatoms. The van der Waals surface area contributed by atoms with Crippen LogP contribution in [0, 0.1) is 11.6 Å². The number of benzene rings is 1. The Morgan fingerprint density at radius 1 is 1.37 bits per heavy atom. The van der Waals surface area contributed by atoms with Gasteiger partial charge in [-0.05, 0) is 18.2 Å². The van der Waals surface area contributed by atoms with Gasteiger partial charge in [-0.1, -0.05) is 0 Å². The fourth-order valence-corrected chi connectivity index (χ4v) is 3.47. The molecule has 1 fully saturated rings. The Labute approximate surface area is 109 Å². The summed E-state index contributed by atoms with van der Waals surface area (Å²) >= 11 is 0. The number of morpholine rings is 1. The molecule has 106 valence electrons.